The zero-order valence-corrected chi connectivity index (χ0v) is 15.5. The molecule has 3 heterocycles. The van der Waals surface area contributed by atoms with Gasteiger partial charge in [-0.05, 0) is 54.4 Å². The summed E-state index contributed by atoms with van der Waals surface area (Å²) in [6.45, 7) is 1.50. The third-order valence-corrected chi connectivity index (χ3v) is 5.03. The molecule has 0 bridgehead atoms. The Morgan fingerprint density at radius 3 is 2.55 bits per heavy atom. The van der Waals surface area contributed by atoms with Gasteiger partial charge in [0.2, 0.25) is 11.7 Å². The van der Waals surface area contributed by atoms with Gasteiger partial charge >= 0.3 is 0 Å². The lowest BCUT2D eigenvalue weighted by atomic mass is 9.98. The number of rotatable bonds is 4. The molecule has 1 aliphatic heterocycles. The molecule has 0 aliphatic carbocycles. The first-order valence-corrected chi connectivity index (χ1v) is 9.50. The van der Waals surface area contributed by atoms with Crippen LogP contribution in [-0.2, 0) is 0 Å². The minimum Gasteiger partial charge on any atom is -0.339 e. The monoisotopic (exact) mass is 391 g/mol. The molecule has 2 aromatic heterocycles. The van der Waals surface area contributed by atoms with E-state index in [1.807, 2.05) is 30.3 Å². The van der Waals surface area contributed by atoms with Gasteiger partial charge in [-0.2, -0.15) is 9.97 Å². The van der Waals surface area contributed by atoms with Crippen LogP contribution in [0, 0.1) is 5.82 Å². The molecule has 0 saturated carbocycles. The smallest absolute Gasteiger partial charge is 0.266 e. The van der Waals surface area contributed by atoms with Crippen LogP contribution in [0.25, 0.3) is 22.8 Å². The van der Waals surface area contributed by atoms with Gasteiger partial charge in [-0.15, -0.1) is 0 Å². The van der Waals surface area contributed by atoms with Crippen molar-refractivity contribution in [3.63, 3.8) is 0 Å². The topological polar surface area (TPSA) is 81.1 Å². The SMILES string of the molecule is Fc1ccc(-c2noc(C3CCCN(c4noc(-c5ccccc5)n4)C3)n2)cc1. The van der Waals surface area contributed by atoms with Gasteiger partial charge in [-0.25, -0.2) is 4.39 Å². The van der Waals surface area contributed by atoms with Gasteiger partial charge in [-0.1, -0.05) is 23.4 Å². The lowest BCUT2D eigenvalue weighted by Crippen LogP contribution is -2.35. The summed E-state index contributed by atoms with van der Waals surface area (Å²) in [5, 5.41) is 8.20. The van der Waals surface area contributed by atoms with E-state index < -0.39 is 0 Å². The Bertz CT molecular complexity index is 1090. The lowest BCUT2D eigenvalue weighted by Gasteiger charge is -2.29. The van der Waals surface area contributed by atoms with Crippen molar-refractivity contribution in [1.82, 2.24) is 20.3 Å². The molecule has 1 atom stereocenters. The molecule has 1 aliphatic rings. The maximum Gasteiger partial charge on any atom is 0.266 e. The summed E-state index contributed by atoms with van der Waals surface area (Å²) in [7, 11) is 0. The highest BCUT2D eigenvalue weighted by molar-refractivity contribution is 5.55. The van der Waals surface area contributed by atoms with Crippen molar-refractivity contribution < 1.29 is 13.4 Å². The average molecular weight is 391 g/mol. The molecule has 1 unspecified atom stereocenters. The molecule has 8 heteroatoms. The van der Waals surface area contributed by atoms with E-state index in [4.69, 9.17) is 9.05 Å². The second-order valence-electron chi connectivity index (χ2n) is 7.01. The van der Waals surface area contributed by atoms with Gasteiger partial charge in [0, 0.05) is 24.2 Å². The van der Waals surface area contributed by atoms with Crippen LogP contribution in [0.5, 0.6) is 0 Å². The van der Waals surface area contributed by atoms with E-state index in [0.717, 1.165) is 30.5 Å². The quantitative estimate of drug-likeness (QED) is 0.513. The maximum atomic E-state index is 13.1. The van der Waals surface area contributed by atoms with Crippen LogP contribution in [0.1, 0.15) is 24.7 Å². The highest BCUT2D eigenvalue weighted by Gasteiger charge is 2.28. The average Bonchev–Trinajstić information content (AvgIpc) is 3.46. The van der Waals surface area contributed by atoms with Crippen LogP contribution >= 0.6 is 0 Å². The van der Waals surface area contributed by atoms with E-state index in [-0.39, 0.29) is 11.7 Å². The number of nitrogens with zero attached hydrogens (tertiary/aromatic N) is 5. The highest BCUT2D eigenvalue weighted by atomic mass is 19.1. The summed E-state index contributed by atoms with van der Waals surface area (Å²) in [5.41, 5.74) is 1.61. The van der Waals surface area contributed by atoms with Crippen LogP contribution in [0.3, 0.4) is 0 Å². The molecule has 0 spiro atoms. The summed E-state index contributed by atoms with van der Waals surface area (Å²) in [5.74, 6) is 1.87. The summed E-state index contributed by atoms with van der Waals surface area (Å²) in [4.78, 5) is 11.1. The van der Waals surface area contributed by atoms with Gasteiger partial charge in [-0.3, -0.25) is 0 Å². The largest absolute Gasteiger partial charge is 0.339 e. The van der Waals surface area contributed by atoms with Gasteiger partial charge in [0.05, 0.1) is 5.92 Å². The number of piperidine rings is 1. The molecule has 5 rings (SSSR count). The summed E-state index contributed by atoms with van der Waals surface area (Å²) < 4.78 is 24.1. The van der Waals surface area contributed by atoms with Crippen molar-refractivity contribution in [2.75, 3.05) is 18.0 Å². The van der Waals surface area contributed by atoms with Crippen LogP contribution in [0.2, 0.25) is 0 Å². The molecule has 7 nitrogen and oxygen atoms in total. The second-order valence-corrected chi connectivity index (χ2v) is 7.01. The van der Waals surface area contributed by atoms with Gasteiger partial charge in [0.25, 0.3) is 11.8 Å². The van der Waals surface area contributed by atoms with Crippen LogP contribution in [0.4, 0.5) is 10.3 Å². The van der Waals surface area contributed by atoms with E-state index in [1.165, 1.54) is 12.1 Å². The van der Waals surface area contributed by atoms with E-state index >= 15 is 0 Å². The van der Waals surface area contributed by atoms with Crippen molar-refractivity contribution in [1.29, 1.82) is 0 Å². The fourth-order valence-corrected chi connectivity index (χ4v) is 3.52. The van der Waals surface area contributed by atoms with Crippen molar-refractivity contribution >= 4 is 5.95 Å². The molecular formula is C21H18FN5O2. The number of anilines is 1. The van der Waals surface area contributed by atoms with Gasteiger partial charge < -0.3 is 13.9 Å². The molecule has 0 amide bonds. The molecule has 1 fully saturated rings. The zero-order chi connectivity index (χ0) is 19.6. The Balaban J connectivity index is 1.32. The third-order valence-electron chi connectivity index (χ3n) is 5.03. The Labute approximate surface area is 166 Å². The van der Waals surface area contributed by atoms with Gasteiger partial charge in [0.1, 0.15) is 5.82 Å². The van der Waals surface area contributed by atoms with Crippen molar-refractivity contribution in [2.45, 2.75) is 18.8 Å². The highest BCUT2D eigenvalue weighted by Crippen LogP contribution is 2.30. The van der Waals surface area contributed by atoms with Crippen LogP contribution in [-0.4, -0.2) is 33.4 Å². The van der Waals surface area contributed by atoms with E-state index in [1.54, 1.807) is 12.1 Å². The normalized spacial score (nSPS) is 16.9. The zero-order valence-electron chi connectivity index (χ0n) is 15.5. The fraction of sp³-hybridized carbons (Fsp3) is 0.238. The first kappa shape index (κ1) is 17.5. The minimum absolute atomic E-state index is 0.0733. The van der Waals surface area contributed by atoms with E-state index in [2.05, 4.69) is 25.2 Å². The molecule has 0 N–H and O–H groups in total. The third kappa shape index (κ3) is 3.61. The summed E-state index contributed by atoms with van der Waals surface area (Å²) >= 11 is 0. The number of hydrogen-bond donors (Lipinski definition) is 0. The van der Waals surface area contributed by atoms with Gasteiger partial charge in [0.15, 0.2) is 0 Å². The number of halogens is 1. The maximum absolute atomic E-state index is 13.1. The fourth-order valence-electron chi connectivity index (χ4n) is 3.52. The second kappa shape index (κ2) is 7.46. The standard InChI is InChI=1S/C21H18FN5O2/c22-17-10-8-14(9-11-17)18-23-20(28-25-18)16-7-4-12-27(13-16)21-24-19(29-26-21)15-5-2-1-3-6-15/h1-3,5-6,8-11,16H,4,7,12-13H2. The van der Waals surface area contributed by atoms with Crippen LogP contribution in [0.15, 0.2) is 63.6 Å². The molecular weight excluding hydrogens is 373 g/mol. The Morgan fingerprint density at radius 1 is 0.897 bits per heavy atom. The molecule has 0 radical (unpaired) electrons. The summed E-state index contributed by atoms with van der Waals surface area (Å²) in [6, 6.07) is 15.7. The lowest BCUT2D eigenvalue weighted by molar-refractivity contribution is 0.331. The number of aromatic nitrogens is 4. The molecule has 29 heavy (non-hydrogen) atoms. The van der Waals surface area contributed by atoms with Crippen molar-refractivity contribution in [3.05, 3.63) is 66.3 Å². The molecule has 4 aromatic rings. The van der Waals surface area contributed by atoms with E-state index in [9.17, 15) is 4.39 Å². The van der Waals surface area contributed by atoms with Crippen LogP contribution < -0.4 is 4.90 Å². The van der Waals surface area contributed by atoms with Crippen molar-refractivity contribution in [2.24, 2.45) is 0 Å². The number of benzene rings is 2. The predicted octanol–water partition coefficient (Wildman–Crippen LogP) is 4.31. The van der Waals surface area contributed by atoms with E-state index in [0.29, 0.717) is 30.1 Å². The Hall–Kier alpha value is -3.55. The first-order chi connectivity index (χ1) is 14.3. The Morgan fingerprint density at radius 2 is 1.72 bits per heavy atom. The Kier molecular flexibility index (Phi) is 4.51. The predicted molar refractivity (Wildman–Crippen MR) is 104 cm³/mol. The molecule has 146 valence electrons. The molecule has 2 aromatic carbocycles. The molecule has 1 saturated heterocycles. The van der Waals surface area contributed by atoms with Crippen molar-refractivity contribution in [3.8, 4) is 22.8 Å². The summed E-state index contributed by atoms with van der Waals surface area (Å²) in [6.07, 6.45) is 1.89. The number of hydrogen-bond acceptors (Lipinski definition) is 7. The minimum atomic E-state index is -0.296. The first-order valence-electron chi connectivity index (χ1n) is 9.50.